The number of hydrogen-bond acceptors (Lipinski definition) is 6. The molecule has 0 saturated carbocycles. The van der Waals surface area contributed by atoms with E-state index in [0.717, 1.165) is 18.2 Å². The Labute approximate surface area is 123 Å². The predicted molar refractivity (Wildman–Crippen MR) is 81.4 cm³/mol. The number of nitrogen functional groups attached to an aromatic ring is 1. The van der Waals surface area contributed by atoms with Crippen molar-refractivity contribution in [3.8, 4) is 0 Å². The van der Waals surface area contributed by atoms with Gasteiger partial charge in [-0.25, -0.2) is 4.98 Å². The monoisotopic (exact) mass is 298 g/mol. The van der Waals surface area contributed by atoms with Gasteiger partial charge in [-0.15, -0.1) is 0 Å². The van der Waals surface area contributed by atoms with Crippen LogP contribution in [0, 0.1) is 0 Å². The summed E-state index contributed by atoms with van der Waals surface area (Å²) in [5.41, 5.74) is 5.87. The Balaban J connectivity index is 2.02. The summed E-state index contributed by atoms with van der Waals surface area (Å²) in [6.07, 6.45) is 4.88. The van der Waals surface area contributed by atoms with Crippen molar-refractivity contribution in [2.45, 2.75) is 25.7 Å². The third kappa shape index (κ3) is 3.83. The molecule has 0 spiro atoms. The quantitative estimate of drug-likeness (QED) is 0.805. The molecule has 0 radical (unpaired) electrons. The molecule has 1 amide bonds. The number of thiazole rings is 1. The Morgan fingerprint density at radius 2 is 2.10 bits per heavy atom. The number of methoxy groups -OCH3 is 1. The predicted octanol–water partition coefficient (Wildman–Crippen LogP) is 1.48. The second-order valence-electron chi connectivity index (χ2n) is 4.86. The van der Waals surface area contributed by atoms with E-state index in [1.807, 2.05) is 0 Å². The highest BCUT2D eigenvalue weighted by Gasteiger charge is 2.20. The number of anilines is 2. The fraction of sp³-hybridized carbons (Fsp3) is 0.692. The van der Waals surface area contributed by atoms with Crippen LogP contribution in [0.15, 0.2) is 0 Å². The van der Waals surface area contributed by atoms with Gasteiger partial charge in [-0.1, -0.05) is 24.2 Å². The van der Waals surface area contributed by atoms with E-state index in [1.54, 1.807) is 7.11 Å². The van der Waals surface area contributed by atoms with Gasteiger partial charge in [0.25, 0.3) is 5.91 Å². The maximum atomic E-state index is 12.0. The zero-order valence-electron chi connectivity index (χ0n) is 11.9. The summed E-state index contributed by atoms with van der Waals surface area (Å²) < 4.78 is 4.91. The maximum absolute atomic E-state index is 12.0. The smallest absolute Gasteiger partial charge is 0.265 e. The van der Waals surface area contributed by atoms with E-state index in [9.17, 15) is 4.79 Å². The average Bonchev–Trinajstić information content (AvgIpc) is 2.66. The van der Waals surface area contributed by atoms with Gasteiger partial charge in [-0.2, -0.15) is 0 Å². The molecule has 1 fully saturated rings. The molecule has 2 rings (SSSR count). The lowest BCUT2D eigenvalue weighted by molar-refractivity contribution is 0.0942. The second-order valence-corrected chi connectivity index (χ2v) is 5.84. The van der Waals surface area contributed by atoms with Crippen LogP contribution in [0.2, 0.25) is 0 Å². The van der Waals surface area contributed by atoms with Crippen LogP contribution in [0.25, 0.3) is 0 Å². The molecule has 6 nitrogen and oxygen atoms in total. The van der Waals surface area contributed by atoms with Gasteiger partial charge in [0.05, 0.1) is 6.61 Å². The Hall–Kier alpha value is -1.34. The van der Waals surface area contributed by atoms with Crippen molar-refractivity contribution in [3.05, 3.63) is 4.88 Å². The first-order chi connectivity index (χ1) is 9.72. The second kappa shape index (κ2) is 7.44. The van der Waals surface area contributed by atoms with Crippen LogP contribution in [0.5, 0.6) is 0 Å². The normalized spacial score (nSPS) is 15.9. The Morgan fingerprint density at radius 3 is 2.75 bits per heavy atom. The Kier molecular flexibility index (Phi) is 5.60. The first-order valence-corrected chi connectivity index (χ1v) is 7.82. The van der Waals surface area contributed by atoms with Crippen LogP contribution >= 0.6 is 11.3 Å². The van der Waals surface area contributed by atoms with Gasteiger partial charge in [0.1, 0.15) is 10.7 Å². The molecular weight excluding hydrogens is 276 g/mol. The fourth-order valence-corrected chi connectivity index (χ4v) is 3.18. The number of nitrogens with two attached hydrogens (primary N) is 1. The van der Waals surface area contributed by atoms with Gasteiger partial charge in [-0.05, 0) is 12.8 Å². The maximum Gasteiger partial charge on any atom is 0.265 e. The van der Waals surface area contributed by atoms with Crippen molar-refractivity contribution in [1.82, 2.24) is 10.3 Å². The van der Waals surface area contributed by atoms with Gasteiger partial charge in [0.2, 0.25) is 0 Å². The summed E-state index contributed by atoms with van der Waals surface area (Å²) in [5, 5.41) is 3.64. The highest BCUT2D eigenvalue weighted by Crippen LogP contribution is 2.29. The molecule has 2 heterocycles. The number of hydrogen-bond donors (Lipinski definition) is 2. The SMILES string of the molecule is COCCNC(=O)c1sc(N2CCCCCC2)nc1N. The minimum Gasteiger partial charge on any atom is -0.383 e. The largest absolute Gasteiger partial charge is 0.383 e. The van der Waals surface area contributed by atoms with Crippen LogP contribution in [-0.2, 0) is 4.74 Å². The number of amides is 1. The van der Waals surface area contributed by atoms with Gasteiger partial charge in [-0.3, -0.25) is 4.79 Å². The van der Waals surface area contributed by atoms with Crippen molar-refractivity contribution in [2.75, 3.05) is 44.0 Å². The lowest BCUT2D eigenvalue weighted by Crippen LogP contribution is -2.26. The molecule has 1 aromatic heterocycles. The molecule has 20 heavy (non-hydrogen) atoms. The minimum atomic E-state index is -0.168. The van der Waals surface area contributed by atoms with E-state index in [-0.39, 0.29) is 5.91 Å². The topological polar surface area (TPSA) is 80.5 Å². The Morgan fingerprint density at radius 1 is 1.40 bits per heavy atom. The molecule has 1 aromatic rings. The molecule has 0 bridgehead atoms. The van der Waals surface area contributed by atoms with E-state index in [1.165, 1.54) is 37.0 Å². The van der Waals surface area contributed by atoms with Crippen LogP contribution in [0.3, 0.4) is 0 Å². The molecule has 3 N–H and O–H groups in total. The van der Waals surface area contributed by atoms with Gasteiger partial charge >= 0.3 is 0 Å². The summed E-state index contributed by atoms with van der Waals surface area (Å²) in [7, 11) is 1.60. The summed E-state index contributed by atoms with van der Waals surface area (Å²) in [4.78, 5) is 19.1. The molecule has 1 aliphatic rings. The molecule has 1 aliphatic heterocycles. The molecule has 0 aromatic carbocycles. The summed E-state index contributed by atoms with van der Waals surface area (Å²) in [5.74, 6) is 0.155. The van der Waals surface area contributed by atoms with Gasteiger partial charge in [0, 0.05) is 26.7 Å². The molecule has 0 aliphatic carbocycles. The van der Waals surface area contributed by atoms with Gasteiger partial charge in [0.15, 0.2) is 5.13 Å². The van der Waals surface area contributed by atoms with Crippen LogP contribution < -0.4 is 16.0 Å². The van der Waals surface area contributed by atoms with Crippen molar-refractivity contribution in [3.63, 3.8) is 0 Å². The third-order valence-corrected chi connectivity index (χ3v) is 4.45. The zero-order chi connectivity index (χ0) is 14.4. The number of carbonyl (C=O) groups is 1. The van der Waals surface area contributed by atoms with Crippen molar-refractivity contribution in [1.29, 1.82) is 0 Å². The average molecular weight is 298 g/mol. The number of ether oxygens (including phenoxy) is 1. The first-order valence-electron chi connectivity index (χ1n) is 7.00. The first kappa shape index (κ1) is 15.1. The third-order valence-electron chi connectivity index (χ3n) is 3.32. The van der Waals surface area contributed by atoms with E-state index in [4.69, 9.17) is 10.5 Å². The molecule has 0 atom stereocenters. The molecular formula is C13H22N4O2S. The molecule has 7 heteroatoms. The molecule has 112 valence electrons. The van der Waals surface area contributed by atoms with E-state index >= 15 is 0 Å². The van der Waals surface area contributed by atoms with Crippen molar-refractivity contribution >= 4 is 28.2 Å². The number of aromatic nitrogens is 1. The zero-order valence-corrected chi connectivity index (χ0v) is 12.7. The van der Waals surface area contributed by atoms with Crippen LogP contribution in [-0.4, -0.2) is 44.2 Å². The van der Waals surface area contributed by atoms with Gasteiger partial charge < -0.3 is 20.7 Å². The van der Waals surface area contributed by atoms with Crippen LogP contribution in [0.1, 0.15) is 35.4 Å². The lowest BCUT2D eigenvalue weighted by Gasteiger charge is -2.18. The molecule has 0 unspecified atom stereocenters. The highest BCUT2D eigenvalue weighted by molar-refractivity contribution is 7.18. The summed E-state index contributed by atoms with van der Waals surface area (Å²) in [6, 6.07) is 0. The van der Waals surface area contributed by atoms with Crippen molar-refractivity contribution in [2.24, 2.45) is 0 Å². The van der Waals surface area contributed by atoms with Crippen LogP contribution in [0.4, 0.5) is 10.9 Å². The fourth-order valence-electron chi connectivity index (χ4n) is 2.23. The highest BCUT2D eigenvalue weighted by atomic mass is 32.1. The summed E-state index contributed by atoms with van der Waals surface area (Å²) >= 11 is 1.38. The minimum absolute atomic E-state index is 0.168. The number of nitrogens with zero attached hydrogens (tertiary/aromatic N) is 2. The lowest BCUT2D eigenvalue weighted by atomic mass is 10.2. The number of nitrogens with one attached hydrogen (secondary N) is 1. The summed E-state index contributed by atoms with van der Waals surface area (Å²) in [6.45, 7) is 2.96. The van der Waals surface area contributed by atoms with E-state index < -0.39 is 0 Å². The molecule has 1 saturated heterocycles. The van der Waals surface area contributed by atoms with Crippen molar-refractivity contribution < 1.29 is 9.53 Å². The number of rotatable bonds is 5. The van der Waals surface area contributed by atoms with E-state index in [0.29, 0.717) is 23.8 Å². The number of carbonyl (C=O) groups excluding carboxylic acids is 1. The van der Waals surface area contributed by atoms with E-state index in [2.05, 4.69) is 15.2 Å². The Bertz CT molecular complexity index is 442. The standard InChI is InChI=1S/C13H22N4O2S/c1-19-9-6-15-12(18)10-11(14)16-13(20-10)17-7-4-2-3-5-8-17/h2-9,14H2,1H3,(H,15,18).